The number of anilines is 1. The van der Waals surface area contributed by atoms with E-state index in [-0.39, 0.29) is 0 Å². The first-order chi connectivity index (χ1) is 9.24. The molecule has 19 heavy (non-hydrogen) atoms. The topological polar surface area (TPSA) is 44.0 Å². The highest BCUT2D eigenvalue weighted by Gasteiger charge is 2.15. The average Bonchev–Trinajstić information content (AvgIpc) is 2.89. The average molecular weight is 342 g/mol. The van der Waals surface area contributed by atoms with Crippen molar-refractivity contribution >= 4 is 33.3 Å². The van der Waals surface area contributed by atoms with Crippen molar-refractivity contribution in [2.24, 2.45) is 0 Å². The maximum absolute atomic E-state index is 6.26. The molecule has 0 unspecified atom stereocenters. The van der Waals surface area contributed by atoms with E-state index in [1.807, 2.05) is 18.2 Å². The Morgan fingerprint density at radius 3 is 2.74 bits per heavy atom. The largest absolute Gasteiger partial charge is 0.353 e. The number of nitrogens with zero attached hydrogens (tertiary/aromatic N) is 2. The summed E-state index contributed by atoms with van der Waals surface area (Å²) >= 11 is 9.67. The molecule has 0 aliphatic carbocycles. The van der Waals surface area contributed by atoms with Crippen molar-refractivity contribution in [1.29, 1.82) is 0 Å². The second-order valence-electron chi connectivity index (χ2n) is 4.50. The number of nitrogens with one attached hydrogen (secondary N) is 2. The predicted molar refractivity (Wildman–Crippen MR) is 81.8 cm³/mol. The minimum Gasteiger partial charge on any atom is -0.353 e. The molecule has 1 fully saturated rings. The van der Waals surface area contributed by atoms with Crippen LogP contribution in [0.1, 0.15) is 0 Å². The molecule has 1 aliphatic heterocycles. The van der Waals surface area contributed by atoms with Crippen molar-refractivity contribution in [3.63, 3.8) is 0 Å². The van der Waals surface area contributed by atoms with Gasteiger partial charge in [-0.1, -0.05) is 33.6 Å². The molecule has 2 N–H and O–H groups in total. The minimum absolute atomic E-state index is 0.713. The van der Waals surface area contributed by atoms with Crippen LogP contribution in [0.3, 0.4) is 0 Å². The Kier molecular flexibility index (Phi) is 3.77. The van der Waals surface area contributed by atoms with Gasteiger partial charge in [0, 0.05) is 42.3 Å². The first-order valence-electron chi connectivity index (χ1n) is 6.20. The van der Waals surface area contributed by atoms with Crippen LogP contribution in [0.2, 0.25) is 5.02 Å². The number of piperazine rings is 1. The SMILES string of the molecule is Clc1cc(Br)ccc1-c1cc(N2CCNCC2)n[nH]1. The number of benzene rings is 1. The van der Waals surface area contributed by atoms with E-state index in [1.165, 1.54) is 0 Å². The summed E-state index contributed by atoms with van der Waals surface area (Å²) in [5, 5.41) is 11.5. The molecule has 0 radical (unpaired) electrons. The van der Waals surface area contributed by atoms with Crippen LogP contribution in [0, 0.1) is 0 Å². The first kappa shape index (κ1) is 13.0. The number of halogens is 2. The molecule has 6 heteroatoms. The van der Waals surface area contributed by atoms with Crippen molar-refractivity contribution in [3.8, 4) is 11.3 Å². The van der Waals surface area contributed by atoms with Gasteiger partial charge in [-0.2, -0.15) is 5.10 Å². The fourth-order valence-corrected chi connectivity index (χ4v) is 2.99. The molecule has 100 valence electrons. The standard InChI is InChI=1S/C13H14BrClN4/c14-9-1-2-10(11(15)7-9)12-8-13(18-17-12)19-5-3-16-4-6-19/h1-2,7-8,16H,3-6H2,(H,17,18). The lowest BCUT2D eigenvalue weighted by atomic mass is 10.1. The maximum Gasteiger partial charge on any atom is 0.151 e. The van der Waals surface area contributed by atoms with Crippen LogP contribution in [0.4, 0.5) is 5.82 Å². The van der Waals surface area contributed by atoms with E-state index in [4.69, 9.17) is 11.6 Å². The molecule has 0 atom stereocenters. The molecule has 3 rings (SSSR count). The number of hydrogen-bond donors (Lipinski definition) is 2. The third-order valence-electron chi connectivity index (χ3n) is 3.23. The number of H-pyrrole nitrogens is 1. The van der Waals surface area contributed by atoms with Gasteiger partial charge in [-0.05, 0) is 12.1 Å². The number of rotatable bonds is 2. The zero-order valence-corrected chi connectivity index (χ0v) is 12.6. The summed E-state index contributed by atoms with van der Waals surface area (Å²) in [6, 6.07) is 7.91. The Morgan fingerprint density at radius 1 is 1.21 bits per heavy atom. The molecule has 2 aromatic rings. The highest BCUT2D eigenvalue weighted by molar-refractivity contribution is 9.10. The van der Waals surface area contributed by atoms with Gasteiger partial charge in [0.1, 0.15) is 0 Å². The van der Waals surface area contributed by atoms with Crippen LogP contribution in [-0.2, 0) is 0 Å². The van der Waals surface area contributed by atoms with Gasteiger partial charge >= 0.3 is 0 Å². The second kappa shape index (κ2) is 5.53. The maximum atomic E-state index is 6.26. The van der Waals surface area contributed by atoms with Crippen LogP contribution in [0.25, 0.3) is 11.3 Å². The van der Waals surface area contributed by atoms with Crippen molar-refractivity contribution in [3.05, 3.63) is 33.8 Å². The van der Waals surface area contributed by atoms with Crippen LogP contribution in [0.15, 0.2) is 28.7 Å². The van der Waals surface area contributed by atoms with E-state index in [0.29, 0.717) is 5.02 Å². The van der Waals surface area contributed by atoms with Crippen molar-refractivity contribution in [2.75, 3.05) is 31.1 Å². The molecular weight excluding hydrogens is 328 g/mol. The Hall–Kier alpha value is -1.04. The lowest BCUT2D eigenvalue weighted by Crippen LogP contribution is -2.43. The summed E-state index contributed by atoms with van der Waals surface area (Å²) in [6.45, 7) is 3.97. The lowest BCUT2D eigenvalue weighted by Gasteiger charge is -2.26. The van der Waals surface area contributed by atoms with Crippen LogP contribution >= 0.6 is 27.5 Å². The van der Waals surface area contributed by atoms with Gasteiger partial charge in [-0.3, -0.25) is 5.10 Å². The van der Waals surface area contributed by atoms with E-state index in [0.717, 1.165) is 47.7 Å². The molecule has 4 nitrogen and oxygen atoms in total. The number of aromatic nitrogens is 2. The molecule has 1 aliphatic rings. The Morgan fingerprint density at radius 2 is 2.00 bits per heavy atom. The van der Waals surface area contributed by atoms with Gasteiger partial charge in [0.05, 0.1) is 10.7 Å². The fourth-order valence-electron chi connectivity index (χ4n) is 2.21. The highest BCUT2D eigenvalue weighted by Crippen LogP contribution is 2.30. The normalized spacial score (nSPS) is 15.8. The van der Waals surface area contributed by atoms with Crippen LogP contribution in [0.5, 0.6) is 0 Å². The van der Waals surface area contributed by atoms with Gasteiger partial charge in [-0.15, -0.1) is 0 Å². The first-order valence-corrected chi connectivity index (χ1v) is 7.37. The van der Waals surface area contributed by atoms with E-state index in [2.05, 4.69) is 42.4 Å². The van der Waals surface area contributed by atoms with Crippen LogP contribution < -0.4 is 10.2 Å². The molecular formula is C13H14BrClN4. The summed E-state index contributed by atoms with van der Waals surface area (Å²) in [7, 11) is 0. The molecule has 1 aromatic carbocycles. The monoisotopic (exact) mass is 340 g/mol. The second-order valence-corrected chi connectivity index (χ2v) is 5.82. The Labute approximate surface area is 125 Å². The number of aromatic amines is 1. The number of hydrogen-bond acceptors (Lipinski definition) is 3. The molecule has 0 spiro atoms. The zero-order valence-electron chi connectivity index (χ0n) is 10.3. The molecule has 1 aromatic heterocycles. The smallest absolute Gasteiger partial charge is 0.151 e. The fraction of sp³-hybridized carbons (Fsp3) is 0.308. The van der Waals surface area contributed by atoms with E-state index in [9.17, 15) is 0 Å². The molecule has 2 heterocycles. The Bertz CT molecular complexity index is 578. The van der Waals surface area contributed by atoms with E-state index >= 15 is 0 Å². The van der Waals surface area contributed by atoms with Gasteiger partial charge in [0.2, 0.25) is 0 Å². The summed E-state index contributed by atoms with van der Waals surface area (Å²) in [5.74, 6) is 0.982. The van der Waals surface area contributed by atoms with Gasteiger partial charge in [-0.25, -0.2) is 0 Å². The van der Waals surface area contributed by atoms with Gasteiger partial charge in [0.25, 0.3) is 0 Å². The summed E-state index contributed by atoms with van der Waals surface area (Å²) < 4.78 is 0.975. The molecule has 0 bridgehead atoms. The predicted octanol–water partition coefficient (Wildman–Crippen LogP) is 2.90. The molecule has 1 saturated heterocycles. The third-order valence-corrected chi connectivity index (χ3v) is 4.03. The van der Waals surface area contributed by atoms with Crippen molar-refractivity contribution < 1.29 is 0 Å². The van der Waals surface area contributed by atoms with Gasteiger partial charge in [0.15, 0.2) is 5.82 Å². The van der Waals surface area contributed by atoms with Crippen molar-refractivity contribution in [1.82, 2.24) is 15.5 Å². The quantitative estimate of drug-likeness (QED) is 0.883. The van der Waals surface area contributed by atoms with Crippen molar-refractivity contribution in [2.45, 2.75) is 0 Å². The lowest BCUT2D eigenvalue weighted by molar-refractivity contribution is 0.584. The molecule has 0 saturated carbocycles. The summed E-state index contributed by atoms with van der Waals surface area (Å²) in [6.07, 6.45) is 0. The van der Waals surface area contributed by atoms with Gasteiger partial charge < -0.3 is 10.2 Å². The van der Waals surface area contributed by atoms with Crippen LogP contribution in [-0.4, -0.2) is 36.4 Å². The highest BCUT2D eigenvalue weighted by atomic mass is 79.9. The third kappa shape index (κ3) is 2.78. The molecule has 0 amide bonds. The minimum atomic E-state index is 0.713. The summed E-state index contributed by atoms with van der Waals surface area (Å²) in [4.78, 5) is 2.27. The van der Waals surface area contributed by atoms with E-state index < -0.39 is 0 Å². The van der Waals surface area contributed by atoms with E-state index in [1.54, 1.807) is 0 Å². The zero-order chi connectivity index (χ0) is 13.2. The Balaban J connectivity index is 1.87. The summed E-state index contributed by atoms with van der Waals surface area (Å²) in [5.41, 5.74) is 1.92.